The maximum absolute atomic E-state index is 13.7. The normalized spacial score (nSPS) is 15.6. The Hall–Kier alpha value is -3.19. The number of hydrogen-bond donors (Lipinski definition) is 0. The van der Waals surface area contributed by atoms with Crippen molar-refractivity contribution in [3.05, 3.63) is 77.3 Å². The number of hydrogen-bond acceptors (Lipinski definition) is 5. The van der Waals surface area contributed by atoms with Crippen LogP contribution in [0.5, 0.6) is 0 Å². The number of amides is 2. The highest BCUT2D eigenvalue weighted by molar-refractivity contribution is 7.13. The summed E-state index contributed by atoms with van der Waals surface area (Å²) in [5.41, 5.74) is 2.90. The van der Waals surface area contributed by atoms with E-state index in [2.05, 4.69) is 31.0 Å². The fourth-order valence-corrected chi connectivity index (χ4v) is 4.77. The lowest BCUT2D eigenvalue weighted by atomic mass is 10.0. The van der Waals surface area contributed by atoms with Gasteiger partial charge in [0.15, 0.2) is 5.13 Å². The summed E-state index contributed by atoms with van der Waals surface area (Å²) in [5.74, 6) is 0.400. The second-order valence-corrected chi connectivity index (χ2v) is 9.52. The number of rotatable bonds is 7. The van der Waals surface area contributed by atoms with Crippen LogP contribution in [0.25, 0.3) is 0 Å². The highest BCUT2D eigenvalue weighted by Crippen LogP contribution is 2.32. The molecule has 1 aliphatic heterocycles. The number of carbonyl (C=O) groups is 2. The molecule has 4 rings (SSSR count). The van der Waals surface area contributed by atoms with Crippen molar-refractivity contribution >= 4 is 34.2 Å². The minimum absolute atomic E-state index is 0.157. The van der Waals surface area contributed by atoms with E-state index in [-0.39, 0.29) is 12.5 Å². The molecule has 2 heterocycles. The number of thiazole rings is 1. The van der Waals surface area contributed by atoms with E-state index in [1.165, 1.54) is 16.9 Å². The molecule has 2 amide bonds. The van der Waals surface area contributed by atoms with E-state index in [4.69, 9.17) is 4.74 Å². The third-order valence-electron chi connectivity index (χ3n) is 5.65. The van der Waals surface area contributed by atoms with Crippen LogP contribution in [0.4, 0.5) is 15.6 Å². The molecule has 1 aliphatic rings. The highest BCUT2D eigenvalue weighted by Gasteiger charge is 2.39. The molecule has 0 aliphatic carbocycles. The van der Waals surface area contributed by atoms with Crippen LogP contribution in [0.3, 0.4) is 0 Å². The predicted octanol–water partition coefficient (Wildman–Crippen LogP) is 5.81. The first-order chi connectivity index (χ1) is 16.0. The zero-order chi connectivity index (χ0) is 23.2. The van der Waals surface area contributed by atoms with Gasteiger partial charge in [-0.25, -0.2) is 9.78 Å². The minimum atomic E-state index is -0.576. The van der Waals surface area contributed by atoms with Crippen molar-refractivity contribution in [3.63, 3.8) is 0 Å². The summed E-state index contributed by atoms with van der Waals surface area (Å²) in [4.78, 5) is 34.2. The van der Waals surface area contributed by atoms with Crippen molar-refractivity contribution < 1.29 is 14.3 Å². The van der Waals surface area contributed by atoms with Crippen LogP contribution in [-0.2, 0) is 22.6 Å². The van der Waals surface area contributed by atoms with Crippen molar-refractivity contribution in [2.45, 2.75) is 45.8 Å². The van der Waals surface area contributed by atoms with Crippen molar-refractivity contribution in [2.75, 3.05) is 11.4 Å². The van der Waals surface area contributed by atoms with Gasteiger partial charge in [0.2, 0.25) is 0 Å². The van der Waals surface area contributed by atoms with Gasteiger partial charge in [0, 0.05) is 18.1 Å². The first kappa shape index (κ1) is 23.0. The lowest BCUT2D eigenvalue weighted by molar-refractivity contribution is -0.121. The summed E-state index contributed by atoms with van der Waals surface area (Å²) >= 11 is 1.40. The van der Waals surface area contributed by atoms with E-state index >= 15 is 0 Å². The number of likely N-dealkylation sites (tertiary alicyclic amines) is 1. The van der Waals surface area contributed by atoms with Crippen LogP contribution in [0.2, 0.25) is 0 Å². The minimum Gasteiger partial charge on any atom is -0.445 e. The van der Waals surface area contributed by atoms with Gasteiger partial charge in [0.25, 0.3) is 5.91 Å². The molecule has 7 heteroatoms. The summed E-state index contributed by atoms with van der Waals surface area (Å²) in [7, 11) is 0. The average Bonchev–Trinajstić information content (AvgIpc) is 3.52. The molecule has 0 saturated carbocycles. The molecule has 33 heavy (non-hydrogen) atoms. The standard InChI is InChI=1S/C26H29N3O3S/c1-19(2)17-20-10-12-22(13-11-20)29(25-27-14-16-33-25)24(30)23-9-6-15-28(23)26(31)32-18-21-7-4-3-5-8-21/h3-5,7-8,10-14,16,19,23H,6,9,15,17-18H2,1-2H3. The monoisotopic (exact) mass is 463 g/mol. The van der Waals surface area contributed by atoms with Crippen LogP contribution in [0.15, 0.2) is 66.2 Å². The summed E-state index contributed by atoms with van der Waals surface area (Å²) in [6.07, 6.45) is 3.58. The zero-order valence-electron chi connectivity index (χ0n) is 19.0. The zero-order valence-corrected chi connectivity index (χ0v) is 19.8. The van der Waals surface area contributed by atoms with Crippen LogP contribution in [0, 0.1) is 5.92 Å². The lowest BCUT2D eigenvalue weighted by Gasteiger charge is -2.28. The largest absolute Gasteiger partial charge is 0.445 e. The summed E-state index contributed by atoms with van der Waals surface area (Å²) < 4.78 is 5.52. The van der Waals surface area contributed by atoms with Crippen molar-refractivity contribution in [3.8, 4) is 0 Å². The summed E-state index contributed by atoms with van der Waals surface area (Å²) in [6, 6.07) is 17.0. The Morgan fingerprint density at radius 2 is 1.88 bits per heavy atom. The Labute approximate surface area is 198 Å². The molecule has 0 radical (unpaired) electrons. The summed E-state index contributed by atoms with van der Waals surface area (Å²) in [5, 5.41) is 2.45. The van der Waals surface area contributed by atoms with Crippen LogP contribution >= 0.6 is 11.3 Å². The number of ether oxygens (including phenoxy) is 1. The molecule has 3 aromatic rings. The predicted molar refractivity (Wildman–Crippen MR) is 131 cm³/mol. The maximum atomic E-state index is 13.7. The number of benzene rings is 2. The van der Waals surface area contributed by atoms with E-state index in [1.54, 1.807) is 16.0 Å². The molecule has 0 bridgehead atoms. The number of carbonyl (C=O) groups excluding carboxylic acids is 2. The molecule has 1 fully saturated rings. The van der Waals surface area contributed by atoms with Gasteiger partial charge in [-0.2, -0.15) is 0 Å². The molecule has 172 valence electrons. The molecule has 2 aromatic carbocycles. The molecule has 1 atom stereocenters. The Morgan fingerprint density at radius 1 is 1.12 bits per heavy atom. The van der Waals surface area contributed by atoms with E-state index in [9.17, 15) is 9.59 Å². The third-order valence-corrected chi connectivity index (χ3v) is 6.40. The second-order valence-electron chi connectivity index (χ2n) is 8.64. The SMILES string of the molecule is CC(C)Cc1ccc(N(C(=O)C2CCCN2C(=O)OCc2ccccc2)c2nccs2)cc1. The van der Waals surface area contributed by atoms with Crippen LogP contribution < -0.4 is 4.90 Å². The molecule has 0 spiro atoms. The topological polar surface area (TPSA) is 62.7 Å². The first-order valence-corrected chi connectivity index (χ1v) is 12.2. The average molecular weight is 464 g/mol. The Kier molecular flexibility index (Phi) is 7.40. The van der Waals surface area contributed by atoms with Gasteiger partial charge in [-0.05, 0) is 48.4 Å². The van der Waals surface area contributed by atoms with Gasteiger partial charge in [0.05, 0.1) is 5.69 Å². The van der Waals surface area contributed by atoms with E-state index in [0.29, 0.717) is 24.0 Å². The van der Waals surface area contributed by atoms with Gasteiger partial charge in [0.1, 0.15) is 12.6 Å². The first-order valence-electron chi connectivity index (χ1n) is 11.3. The van der Waals surface area contributed by atoms with E-state index < -0.39 is 12.1 Å². The van der Waals surface area contributed by atoms with Gasteiger partial charge in [-0.15, -0.1) is 11.3 Å². The quantitative estimate of drug-likeness (QED) is 0.444. The van der Waals surface area contributed by atoms with Gasteiger partial charge in [-0.3, -0.25) is 14.6 Å². The second kappa shape index (κ2) is 10.6. The Morgan fingerprint density at radius 3 is 2.55 bits per heavy atom. The molecule has 1 unspecified atom stereocenters. The molecular formula is C26H29N3O3S. The maximum Gasteiger partial charge on any atom is 0.410 e. The number of aromatic nitrogens is 1. The smallest absolute Gasteiger partial charge is 0.410 e. The molecule has 6 nitrogen and oxygen atoms in total. The molecule has 1 aromatic heterocycles. The van der Waals surface area contributed by atoms with E-state index in [1.807, 2.05) is 47.8 Å². The van der Waals surface area contributed by atoms with Gasteiger partial charge >= 0.3 is 6.09 Å². The van der Waals surface area contributed by atoms with Crippen molar-refractivity contribution in [1.29, 1.82) is 0 Å². The molecule has 1 saturated heterocycles. The fraction of sp³-hybridized carbons (Fsp3) is 0.346. The van der Waals surface area contributed by atoms with Gasteiger partial charge in [-0.1, -0.05) is 56.3 Å². The fourth-order valence-electron chi connectivity index (χ4n) is 4.10. The van der Waals surface area contributed by atoms with Crippen molar-refractivity contribution in [2.24, 2.45) is 5.92 Å². The summed E-state index contributed by atoms with van der Waals surface area (Å²) in [6.45, 7) is 5.06. The number of anilines is 2. The number of nitrogens with zero attached hydrogens (tertiary/aromatic N) is 3. The molecular weight excluding hydrogens is 434 g/mol. The van der Waals surface area contributed by atoms with Crippen molar-refractivity contribution in [1.82, 2.24) is 9.88 Å². The van der Waals surface area contributed by atoms with Crippen LogP contribution in [-0.4, -0.2) is 34.5 Å². The van der Waals surface area contributed by atoms with E-state index in [0.717, 1.165) is 24.1 Å². The highest BCUT2D eigenvalue weighted by atomic mass is 32.1. The van der Waals surface area contributed by atoms with Crippen LogP contribution in [0.1, 0.15) is 37.8 Å². The third kappa shape index (κ3) is 5.60. The Bertz CT molecular complexity index is 1050. The Balaban J connectivity index is 1.52. The molecule has 0 N–H and O–H groups in total. The lowest BCUT2D eigenvalue weighted by Crippen LogP contribution is -2.46. The van der Waals surface area contributed by atoms with Gasteiger partial charge < -0.3 is 4.74 Å².